The van der Waals surface area contributed by atoms with Gasteiger partial charge in [0, 0.05) is 10.7 Å². The van der Waals surface area contributed by atoms with Crippen molar-refractivity contribution in [1.29, 1.82) is 0 Å². The predicted molar refractivity (Wildman–Crippen MR) is 125 cm³/mol. The Morgan fingerprint density at radius 2 is 1.97 bits per heavy atom. The van der Waals surface area contributed by atoms with Crippen LogP contribution in [0.3, 0.4) is 0 Å². The number of anilines is 1. The molecule has 4 rings (SSSR count). The molecule has 0 radical (unpaired) electrons. The number of thiazole rings is 1. The van der Waals surface area contributed by atoms with Crippen molar-refractivity contribution in [2.24, 2.45) is 0 Å². The van der Waals surface area contributed by atoms with E-state index in [9.17, 15) is 4.79 Å². The van der Waals surface area contributed by atoms with Gasteiger partial charge in [-0.3, -0.25) is 14.7 Å². The number of halogens is 3. The summed E-state index contributed by atoms with van der Waals surface area (Å²) in [6, 6.07) is 14.2. The van der Waals surface area contributed by atoms with E-state index in [4.69, 9.17) is 27.9 Å². The normalized spacial score (nSPS) is 10.9. The molecule has 2 aromatic heterocycles. The van der Waals surface area contributed by atoms with Gasteiger partial charge in [0.15, 0.2) is 5.13 Å². The SMILES string of the molecule is COc1ccc(Cl)c2sc(N(Cc3ccccn3)C(=O)c3cc(Br)ccc3Cl)nc12. The fourth-order valence-electron chi connectivity index (χ4n) is 2.91. The fraction of sp³-hybridized carbons (Fsp3) is 0.0952. The molecule has 30 heavy (non-hydrogen) atoms. The molecular weight excluding hydrogens is 509 g/mol. The molecule has 0 fully saturated rings. The quantitative estimate of drug-likeness (QED) is 0.295. The highest BCUT2D eigenvalue weighted by Gasteiger charge is 2.25. The van der Waals surface area contributed by atoms with Gasteiger partial charge in [0.2, 0.25) is 0 Å². The van der Waals surface area contributed by atoms with Gasteiger partial charge < -0.3 is 4.74 Å². The Bertz CT molecular complexity index is 1230. The first kappa shape index (κ1) is 21.1. The minimum atomic E-state index is -0.291. The lowest BCUT2D eigenvalue weighted by atomic mass is 10.2. The van der Waals surface area contributed by atoms with E-state index in [-0.39, 0.29) is 12.5 Å². The number of pyridine rings is 1. The van der Waals surface area contributed by atoms with E-state index in [1.54, 1.807) is 48.5 Å². The van der Waals surface area contributed by atoms with Crippen LogP contribution in [0.25, 0.3) is 10.2 Å². The van der Waals surface area contributed by atoms with Crippen molar-refractivity contribution in [2.45, 2.75) is 6.54 Å². The lowest BCUT2D eigenvalue weighted by Gasteiger charge is -2.20. The Balaban J connectivity index is 1.85. The Morgan fingerprint density at radius 3 is 2.70 bits per heavy atom. The number of amides is 1. The molecule has 2 heterocycles. The van der Waals surface area contributed by atoms with Crippen LogP contribution in [0.5, 0.6) is 5.75 Å². The summed E-state index contributed by atoms with van der Waals surface area (Å²) in [6.45, 7) is 0.224. The van der Waals surface area contributed by atoms with Crippen LogP contribution in [0, 0.1) is 0 Å². The number of nitrogens with zero attached hydrogens (tertiary/aromatic N) is 3. The van der Waals surface area contributed by atoms with Crippen molar-refractivity contribution in [3.05, 3.63) is 80.5 Å². The van der Waals surface area contributed by atoms with Crippen molar-refractivity contribution in [1.82, 2.24) is 9.97 Å². The number of methoxy groups -OCH3 is 1. The van der Waals surface area contributed by atoms with Crippen LogP contribution in [0.1, 0.15) is 16.1 Å². The van der Waals surface area contributed by atoms with E-state index in [1.807, 2.05) is 18.2 Å². The zero-order valence-electron chi connectivity index (χ0n) is 15.6. The molecule has 1 amide bonds. The van der Waals surface area contributed by atoms with E-state index < -0.39 is 0 Å². The highest BCUT2D eigenvalue weighted by Crippen LogP contribution is 2.39. The molecule has 0 aliphatic rings. The molecule has 152 valence electrons. The number of hydrogen-bond donors (Lipinski definition) is 0. The molecule has 0 bridgehead atoms. The van der Waals surface area contributed by atoms with Crippen LogP contribution in [-0.4, -0.2) is 23.0 Å². The van der Waals surface area contributed by atoms with E-state index in [2.05, 4.69) is 25.9 Å². The third kappa shape index (κ3) is 4.16. The lowest BCUT2D eigenvalue weighted by molar-refractivity contribution is 0.0985. The third-order valence-electron chi connectivity index (χ3n) is 4.35. The van der Waals surface area contributed by atoms with E-state index >= 15 is 0 Å². The summed E-state index contributed by atoms with van der Waals surface area (Å²) in [5.74, 6) is 0.295. The third-order valence-corrected chi connectivity index (χ3v) is 6.71. The number of fused-ring (bicyclic) bond motifs is 1. The molecule has 0 spiro atoms. The van der Waals surface area contributed by atoms with Gasteiger partial charge in [0.25, 0.3) is 5.91 Å². The topological polar surface area (TPSA) is 55.3 Å². The summed E-state index contributed by atoms with van der Waals surface area (Å²) in [5, 5.41) is 1.37. The molecule has 0 N–H and O–H groups in total. The maximum Gasteiger partial charge on any atom is 0.261 e. The minimum Gasteiger partial charge on any atom is -0.494 e. The summed E-state index contributed by atoms with van der Waals surface area (Å²) in [4.78, 5) is 24.1. The highest BCUT2D eigenvalue weighted by molar-refractivity contribution is 9.10. The van der Waals surface area contributed by atoms with Crippen molar-refractivity contribution in [2.75, 3.05) is 12.0 Å². The van der Waals surface area contributed by atoms with Crippen molar-refractivity contribution >= 4 is 71.7 Å². The molecule has 9 heteroatoms. The van der Waals surface area contributed by atoms with Gasteiger partial charge in [0.1, 0.15) is 11.3 Å². The van der Waals surface area contributed by atoms with Gasteiger partial charge in [0.05, 0.1) is 39.7 Å². The van der Waals surface area contributed by atoms with Gasteiger partial charge in [-0.25, -0.2) is 4.98 Å². The minimum absolute atomic E-state index is 0.224. The molecule has 4 aromatic rings. The number of aromatic nitrogens is 2. The molecule has 0 saturated carbocycles. The monoisotopic (exact) mass is 521 g/mol. The number of carbonyl (C=O) groups excluding carboxylic acids is 1. The van der Waals surface area contributed by atoms with Gasteiger partial charge >= 0.3 is 0 Å². The first-order valence-corrected chi connectivity index (χ1v) is 11.1. The molecule has 0 unspecified atom stereocenters. The summed E-state index contributed by atoms with van der Waals surface area (Å²) in [5.41, 5.74) is 1.68. The Hall–Kier alpha value is -2.19. The van der Waals surface area contributed by atoms with Crippen LogP contribution in [0.4, 0.5) is 5.13 Å². The molecular formula is C21H14BrCl2N3O2S. The fourth-order valence-corrected chi connectivity index (χ4v) is 4.72. The number of rotatable bonds is 5. The maximum atomic E-state index is 13.5. The average Bonchev–Trinajstić information content (AvgIpc) is 3.20. The van der Waals surface area contributed by atoms with Gasteiger partial charge in [-0.15, -0.1) is 0 Å². The first-order valence-electron chi connectivity index (χ1n) is 8.78. The van der Waals surface area contributed by atoms with Crippen molar-refractivity contribution in [3.63, 3.8) is 0 Å². The van der Waals surface area contributed by atoms with Crippen LogP contribution < -0.4 is 9.64 Å². The van der Waals surface area contributed by atoms with Crippen LogP contribution in [-0.2, 0) is 6.54 Å². The van der Waals surface area contributed by atoms with E-state index in [0.29, 0.717) is 37.7 Å². The number of hydrogen-bond acceptors (Lipinski definition) is 5. The highest BCUT2D eigenvalue weighted by atomic mass is 79.9. The Kier molecular flexibility index (Phi) is 6.24. The van der Waals surface area contributed by atoms with Crippen molar-refractivity contribution in [3.8, 4) is 5.75 Å². The Labute approximate surface area is 195 Å². The smallest absolute Gasteiger partial charge is 0.261 e. The molecule has 0 aliphatic heterocycles. The zero-order chi connectivity index (χ0) is 21.3. The van der Waals surface area contributed by atoms with Gasteiger partial charge in [-0.1, -0.05) is 56.5 Å². The standard InChI is InChI=1S/C21H14BrCl2N3O2S/c1-29-17-8-7-16(24)19-18(17)26-21(30-19)27(11-13-4-2-3-9-25-13)20(28)14-10-12(22)5-6-15(14)23/h2-10H,11H2,1H3. The summed E-state index contributed by atoms with van der Waals surface area (Å²) >= 11 is 17.4. The molecule has 5 nitrogen and oxygen atoms in total. The number of carbonyl (C=O) groups is 1. The zero-order valence-corrected chi connectivity index (χ0v) is 19.5. The van der Waals surface area contributed by atoms with Gasteiger partial charge in [-0.05, 0) is 42.5 Å². The van der Waals surface area contributed by atoms with Gasteiger partial charge in [-0.2, -0.15) is 0 Å². The van der Waals surface area contributed by atoms with E-state index in [0.717, 1.165) is 9.17 Å². The average molecular weight is 523 g/mol. The number of benzene rings is 2. The molecule has 2 aromatic carbocycles. The second kappa shape index (κ2) is 8.89. The summed E-state index contributed by atoms with van der Waals surface area (Å²) < 4.78 is 6.91. The molecule has 0 aliphatic carbocycles. The van der Waals surface area contributed by atoms with E-state index in [1.165, 1.54) is 11.3 Å². The van der Waals surface area contributed by atoms with Crippen LogP contribution in [0.2, 0.25) is 10.0 Å². The summed E-state index contributed by atoms with van der Waals surface area (Å²) in [7, 11) is 1.57. The predicted octanol–water partition coefficient (Wildman–Crippen LogP) is 6.62. The Morgan fingerprint density at radius 1 is 1.17 bits per heavy atom. The van der Waals surface area contributed by atoms with Crippen LogP contribution >= 0.6 is 50.5 Å². The summed E-state index contributed by atoms with van der Waals surface area (Å²) in [6.07, 6.45) is 1.68. The largest absolute Gasteiger partial charge is 0.494 e. The second-order valence-corrected chi connectivity index (χ2v) is 8.97. The van der Waals surface area contributed by atoms with Crippen molar-refractivity contribution < 1.29 is 9.53 Å². The molecule has 0 atom stereocenters. The number of ether oxygens (including phenoxy) is 1. The van der Waals surface area contributed by atoms with Crippen LogP contribution in [0.15, 0.2) is 59.2 Å². The second-order valence-electron chi connectivity index (χ2n) is 6.26. The first-order chi connectivity index (χ1) is 14.5. The lowest BCUT2D eigenvalue weighted by Crippen LogP contribution is -2.31. The maximum absolute atomic E-state index is 13.5. The molecule has 0 saturated heterocycles.